The monoisotopic (exact) mass is 177 g/mol. The lowest BCUT2D eigenvalue weighted by molar-refractivity contribution is 0.444. The summed E-state index contributed by atoms with van der Waals surface area (Å²) >= 11 is 0. The van der Waals surface area contributed by atoms with Crippen LogP contribution in [0.15, 0.2) is 37.0 Å². The summed E-state index contributed by atoms with van der Waals surface area (Å²) in [5.41, 5.74) is 1.48. The van der Waals surface area contributed by atoms with Gasteiger partial charge in [0.15, 0.2) is 0 Å². The molecule has 0 radical (unpaired) electrons. The Morgan fingerprint density at radius 1 is 1.46 bits per heavy atom. The van der Waals surface area contributed by atoms with Crippen molar-refractivity contribution in [3.05, 3.63) is 37.0 Å². The molecule has 13 heavy (non-hydrogen) atoms. The molecule has 72 valence electrons. The Labute approximate surface area is 81.2 Å². The first kappa shape index (κ1) is 10.3. The van der Waals surface area contributed by atoms with Gasteiger partial charge in [0, 0.05) is 12.1 Å². The highest BCUT2D eigenvalue weighted by Crippen LogP contribution is 2.17. The Kier molecular flexibility index (Phi) is 3.97. The third kappa shape index (κ3) is 3.19. The van der Waals surface area contributed by atoms with Crippen LogP contribution in [0.2, 0.25) is 0 Å². The zero-order chi connectivity index (χ0) is 9.68. The van der Waals surface area contributed by atoms with E-state index in [9.17, 15) is 0 Å². The maximum absolute atomic E-state index is 3.77. The van der Waals surface area contributed by atoms with Crippen LogP contribution in [0.5, 0.6) is 0 Å². The molecule has 1 heterocycles. The van der Waals surface area contributed by atoms with E-state index in [2.05, 4.69) is 31.5 Å². The van der Waals surface area contributed by atoms with Crippen LogP contribution >= 0.6 is 0 Å². The fourth-order valence-electron chi connectivity index (χ4n) is 1.88. The van der Waals surface area contributed by atoms with Gasteiger partial charge in [-0.25, -0.2) is 0 Å². The van der Waals surface area contributed by atoms with Crippen molar-refractivity contribution in [1.82, 2.24) is 5.32 Å². The van der Waals surface area contributed by atoms with Crippen LogP contribution in [0.1, 0.15) is 26.2 Å². The van der Waals surface area contributed by atoms with Crippen LogP contribution in [0.4, 0.5) is 0 Å². The van der Waals surface area contributed by atoms with Gasteiger partial charge in [-0.15, -0.1) is 13.2 Å². The molecule has 0 bridgehead atoms. The Hall–Kier alpha value is -0.820. The normalized spacial score (nSPS) is 27.9. The fourth-order valence-corrected chi connectivity index (χ4v) is 1.88. The number of nitrogens with one attached hydrogen (secondary N) is 1. The summed E-state index contributed by atoms with van der Waals surface area (Å²) in [5.74, 6) is 0. The van der Waals surface area contributed by atoms with Crippen LogP contribution in [-0.2, 0) is 0 Å². The summed E-state index contributed by atoms with van der Waals surface area (Å²) in [7, 11) is 0. The molecule has 1 aliphatic rings. The largest absolute Gasteiger partial charge is 0.307 e. The fraction of sp³-hybridized carbons (Fsp3) is 0.500. The molecule has 0 saturated heterocycles. The average Bonchev–Trinajstić information content (AvgIpc) is 2.04. The molecule has 0 fully saturated rings. The van der Waals surface area contributed by atoms with E-state index in [0.29, 0.717) is 12.1 Å². The van der Waals surface area contributed by atoms with Crippen LogP contribution in [0, 0.1) is 0 Å². The minimum absolute atomic E-state index is 0.483. The van der Waals surface area contributed by atoms with Gasteiger partial charge in [-0.05, 0) is 26.2 Å². The second-order valence-corrected chi connectivity index (χ2v) is 3.74. The van der Waals surface area contributed by atoms with E-state index in [1.165, 1.54) is 5.57 Å². The summed E-state index contributed by atoms with van der Waals surface area (Å²) in [4.78, 5) is 0. The molecule has 1 rings (SSSR count). The van der Waals surface area contributed by atoms with Crippen LogP contribution in [0.25, 0.3) is 0 Å². The number of hydrogen-bond donors (Lipinski definition) is 1. The van der Waals surface area contributed by atoms with Gasteiger partial charge < -0.3 is 5.32 Å². The number of hydrogen-bond acceptors (Lipinski definition) is 1. The molecule has 1 heteroatoms. The predicted molar refractivity (Wildman–Crippen MR) is 58.7 cm³/mol. The van der Waals surface area contributed by atoms with E-state index in [-0.39, 0.29) is 0 Å². The van der Waals surface area contributed by atoms with Crippen LogP contribution < -0.4 is 5.32 Å². The Balaban J connectivity index is 2.53. The van der Waals surface area contributed by atoms with Crippen molar-refractivity contribution < 1.29 is 0 Å². The van der Waals surface area contributed by atoms with Gasteiger partial charge in [-0.2, -0.15) is 0 Å². The predicted octanol–water partition coefficient (Wildman–Crippen LogP) is 2.82. The molecule has 0 aromatic heterocycles. The van der Waals surface area contributed by atoms with Crippen molar-refractivity contribution in [2.45, 2.75) is 38.3 Å². The van der Waals surface area contributed by atoms with Crippen molar-refractivity contribution in [2.75, 3.05) is 0 Å². The molecule has 0 amide bonds. The lowest BCUT2D eigenvalue weighted by atomic mass is 9.95. The van der Waals surface area contributed by atoms with Crippen molar-refractivity contribution in [3.8, 4) is 0 Å². The third-order valence-electron chi connectivity index (χ3n) is 2.38. The molecule has 0 spiro atoms. The summed E-state index contributed by atoms with van der Waals surface area (Å²) in [6, 6.07) is 1.06. The zero-order valence-corrected chi connectivity index (χ0v) is 8.42. The second kappa shape index (κ2) is 5.03. The van der Waals surface area contributed by atoms with Gasteiger partial charge in [0.2, 0.25) is 0 Å². The first-order chi connectivity index (χ1) is 6.26. The van der Waals surface area contributed by atoms with Crippen molar-refractivity contribution in [3.63, 3.8) is 0 Å². The van der Waals surface area contributed by atoms with Gasteiger partial charge in [0.25, 0.3) is 0 Å². The zero-order valence-electron chi connectivity index (χ0n) is 8.42. The Bertz CT molecular complexity index is 215. The van der Waals surface area contributed by atoms with E-state index in [4.69, 9.17) is 0 Å². The first-order valence-electron chi connectivity index (χ1n) is 4.91. The minimum atomic E-state index is 0.483. The molecule has 0 saturated carbocycles. The van der Waals surface area contributed by atoms with E-state index < -0.39 is 0 Å². The summed E-state index contributed by atoms with van der Waals surface area (Å²) < 4.78 is 0. The van der Waals surface area contributed by atoms with E-state index in [1.54, 1.807) is 0 Å². The van der Waals surface area contributed by atoms with Crippen LogP contribution in [0.3, 0.4) is 0 Å². The lowest BCUT2D eigenvalue weighted by Gasteiger charge is -2.28. The summed E-state index contributed by atoms with van der Waals surface area (Å²) in [6.07, 6.45) is 9.49. The van der Waals surface area contributed by atoms with Gasteiger partial charge in [0.1, 0.15) is 0 Å². The topological polar surface area (TPSA) is 12.0 Å². The van der Waals surface area contributed by atoms with E-state index >= 15 is 0 Å². The van der Waals surface area contributed by atoms with Gasteiger partial charge in [-0.3, -0.25) is 0 Å². The van der Waals surface area contributed by atoms with Crippen molar-refractivity contribution >= 4 is 0 Å². The van der Waals surface area contributed by atoms with Gasteiger partial charge in [0.05, 0.1) is 0 Å². The van der Waals surface area contributed by atoms with Gasteiger partial charge >= 0.3 is 0 Å². The molecular formula is C12H19N. The quantitative estimate of drug-likeness (QED) is 0.651. The van der Waals surface area contributed by atoms with E-state index in [1.807, 2.05) is 12.2 Å². The minimum Gasteiger partial charge on any atom is -0.307 e. The molecule has 0 aliphatic carbocycles. The smallest absolute Gasteiger partial charge is 0.0289 e. The SMILES string of the molecule is C=CC[C@H]1CC(C)=C[C@@H](CC=C)N1. The second-order valence-electron chi connectivity index (χ2n) is 3.74. The number of rotatable bonds is 4. The Morgan fingerprint density at radius 2 is 2.15 bits per heavy atom. The maximum atomic E-state index is 3.77. The lowest BCUT2D eigenvalue weighted by Crippen LogP contribution is -2.40. The molecule has 0 aromatic carbocycles. The highest BCUT2D eigenvalue weighted by atomic mass is 15.0. The Morgan fingerprint density at radius 3 is 2.77 bits per heavy atom. The third-order valence-corrected chi connectivity index (χ3v) is 2.38. The maximum Gasteiger partial charge on any atom is 0.0289 e. The molecular weight excluding hydrogens is 158 g/mol. The van der Waals surface area contributed by atoms with Crippen LogP contribution in [-0.4, -0.2) is 12.1 Å². The van der Waals surface area contributed by atoms with Gasteiger partial charge in [-0.1, -0.05) is 23.8 Å². The highest BCUT2D eigenvalue weighted by Gasteiger charge is 2.17. The van der Waals surface area contributed by atoms with E-state index in [0.717, 1.165) is 19.3 Å². The average molecular weight is 177 g/mol. The van der Waals surface area contributed by atoms with Crippen molar-refractivity contribution in [1.29, 1.82) is 0 Å². The molecule has 0 unspecified atom stereocenters. The highest BCUT2D eigenvalue weighted by molar-refractivity contribution is 5.12. The molecule has 1 N–H and O–H groups in total. The van der Waals surface area contributed by atoms with Crippen molar-refractivity contribution in [2.24, 2.45) is 0 Å². The molecule has 1 nitrogen and oxygen atoms in total. The molecule has 2 atom stereocenters. The standard InChI is InChI=1S/C12H19N/c1-4-6-11-8-10(3)9-12(13-11)7-5-2/h4-5,8,11-13H,1-2,6-7,9H2,3H3/t11-,12+/m1/s1. The molecule has 1 aliphatic heterocycles. The summed E-state index contributed by atoms with van der Waals surface area (Å²) in [6.45, 7) is 9.73. The summed E-state index contributed by atoms with van der Waals surface area (Å²) in [5, 5.41) is 3.57. The molecule has 0 aromatic rings. The first-order valence-corrected chi connectivity index (χ1v) is 4.91.